The molecule has 0 bridgehead atoms. The number of fused-ring (bicyclic) bond motifs is 3. The third kappa shape index (κ3) is 14.7. The Morgan fingerprint density at radius 2 is 1.03 bits per heavy atom. The lowest BCUT2D eigenvalue weighted by atomic mass is 10.1. The molecule has 0 aliphatic carbocycles. The molecule has 0 saturated heterocycles. The van der Waals surface area contributed by atoms with Crippen molar-refractivity contribution in [2.45, 2.75) is 12.4 Å². The normalized spacial score (nSPS) is 10.2. The zero-order chi connectivity index (χ0) is 51.4. The first-order valence-corrected chi connectivity index (χ1v) is 23.0. The van der Waals surface area contributed by atoms with Gasteiger partial charge in [-0.15, -0.1) is 11.6 Å². The highest BCUT2D eigenvalue weighted by Gasteiger charge is 2.22. The summed E-state index contributed by atoms with van der Waals surface area (Å²) in [6.45, 7) is 0.458. The number of nitrogens with two attached hydrogens (primary N) is 1. The number of para-hydroxylation sites is 3. The monoisotopic (exact) mass is 993 g/mol. The fourth-order valence-corrected chi connectivity index (χ4v) is 7.21. The molecule has 2 amide bonds. The van der Waals surface area contributed by atoms with E-state index < -0.39 is 23.4 Å². The number of nitrogens with one attached hydrogen (secondary N) is 4. The van der Waals surface area contributed by atoms with E-state index in [1.807, 2.05) is 65.4 Å². The fourth-order valence-electron chi connectivity index (χ4n) is 7.03. The van der Waals surface area contributed by atoms with Gasteiger partial charge in [0.05, 0.1) is 11.1 Å². The van der Waals surface area contributed by atoms with Gasteiger partial charge in [-0.3, -0.25) is 34.1 Å². The lowest BCUT2D eigenvalue weighted by Gasteiger charge is -2.05. The molecule has 5 aromatic carbocycles. The van der Waals surface area contributed by atoms with Crippen LogP contribution in [0.2, 0.25) is 0 Å². The zero-order valence-corrected chi connectivity index (χ0v) is 39.6. The van der Waals surface area contributed by atoms with Crippen LogP contribution in [-0.2, 0) is 22.0 Å². The standard InChI is InChI=1S/C22H16FN3O2.C15H11N3O2.C8H7N.C7H6ClF.C5H6N2/c23-16-7-5-15(6-8-16)13-26-14-19(18-3-1-2-4-20(18)26)21(27)22(28)25-17-9-11-24-12-10-17;19-14(15(20)18-10-5-7-16-8-6-10)12-9-17-13-4-2-1-3-11(12)13;1-2-4-8-7(3-1)5-6-9-8;8-5-6-1-3-7(9)4-2-6;6-5-1-3-7-4-2-5/h1-12,14H,13H2,(H,24,25,28);1-9,17H,(H,16,18,20);1-6,9H;1-4H,5H2;1-4H,(H2,6,7). The number of hydrogen-bond acceptors (Lipinski definition) is 8. The molecule has 0 fully saturated rings. The third-order valence-corrected chi connectivity index (χ3v) is 11.0. The number of anilines is 3. The summed E-state index contributed by atoms with van der Waals surface area (Å²) >= 11 is 5.46. The number of carbonyl (C=O) groups is 4. The molecule has 16 heteroatoms. The van der Waals surface area contributed by atoms with Gasteiger partial charge in [0.15, 0.2) is 0 Å². The summed E-state index contributed by atoms with van der Waals surface area (Å²) in [6, 6.07) is 47.3. The average molecular weight is 995 g/mol. The number of rotatable bonds is 9. The van der Waals surface area contributed by atoms with Crippen LogP contribution in [-0.4, -0.2) is 52.9 Å². The number of aromatic amines is 2. The van der Waals surface area contributed by atoms with Crippen molar-refractivity contribution >= 4 is 84.8 Å². The van der Waals surface area contributed by atoms with Crippen molar-refractivity contribution in [2.24, 2.45) is 0 Å². The summed E-state index contributed by atoms with van der Waals surface area (Å²) in [6.07, 6.45) is 14.7. The molecule has 0 aliphatic rings. The average Bonchev–Trinajstić information content (AvgIpc) is 4.19. The molecule has 6 aromatic heterocycles. The molecule has 0 atom stereocenters. The van der Waals surface area contributed by atoms with Crippen LogP contribution in [0.5, 0.6) is 0 Å². The highest BCUT2D eigenvalue weighted by molar-refractivity contribution is 6.49. The van der Waals surface area contributed by atoms with Gasteiger partial charge in [-0.05, 0) is 101 Å². The number of hydrogen-bond donors (Lipinski definition) is 5. The first-order chi connectivity index (χ1) is 35.6. The van der Waals surface area contributed by atoms with Crippen LogP contribution in [0.1, 0.15) is 31.8 Å². The smallest absolute Gasteiger partial charge is 0.296 e. The topological polar surface area (TPSA) is 194 Å². The number of H-pyrrole nitrogens is 2. The van der Waals surface area contributed by atoms with Gasteiger partial charge in [-0.25, -0.2) is 8.78 Å². The van der Waals surface area contributed by atoms with Crippen molar-refractivity contribution in [2.75, 3.05) is 16.4 Å². The number of pyridine rings is 3. The third-order valence-electron chi connectivity index (χ3n) is 10.7. The van der Waals surface area contributed by atoms with Crippen molar-refractivity contribution in [1.29, 1.82) is 0 Å². The van der Waals surface area contributed by atoms with Crippen LogP contribution in [0.15, 0.2) is 220 Å². The summed E-state index contributed by atoms with van der Waals surface area (Å²) in [4.78, 5) is 66.9. The number of Topliss-reactive ketones (excluding diaryl/α,β-unsaturated/α-hetero) is 2. The summed E-state index contributed by atoms with van der Waals surface area (Å²) in [5.74, 6) is -2.64. The highest BCUT2D eigenvalue weighted by Crippen LogP contribution is 2.24. The summed E-state index contributed by atoms with van der Waals surface area (Å²) in [5, 5.41) is 7.85. The first kappa shape index (κ1) is 51.3. The van der Waals surface area contributed by atoms with E-state index in [1.54, 1.807) is 104 Å². The summed E-state index contributed by atoms with van der Waals surface area (Å²) < 4.78 is 27.2. The number of amides is 2. The minimum Gasteiger partial charge on any atom is -0.399 e. The molecule has 11 rings (SSSR count). The summed E-state index contributed by atoms with van der Waals surface area (Å²) in [5.41, 5.74) is 12.5. The molecular weight excluding hydrogens is 948 g/mol. The Hall–Kier alpha value is -9.60. The van der Waals surface area contributed by atoms with Crippen molar-refractivity contribution in [3.05, 3.63) is 253 Å². The van der Waals surface area contributed by atoms with Crippen molar-refractivity contribution in [3.8, 4) is 0 Å². The molecule has 0 radical (unpaired) electrons. The van der Waals surface area contributed by atoms with Crippen LogP contribution in [0.4, 0.5) is 25.8 Å². The Balaban J connectivity index is 0.000000149. The quantitative estimate of drug-likeness (QED) is 0.0535. The second kappa shape index (κ2) is 25.8. The molecule has 73 heavy (non-hydrogen) atoms. The molecule has 13 nitrogen and oxygen atoms in total. The van der Waals surface area contributed by atoms with E-state index in [0.717, 1.165) is 33.2 Å². The van der Waals surface area contributed by atoms with Crippen LogP contribution in [0, 0.1) is 11.6 Å². The maximum absolute atomic E-state index is 13.2. The van der Waals surface area contributed by atoms with Gasteiger partial charge in [0.2, 0.25) is 0 Å². The Kier molecular flexibility index (Phi) is 18.1. The lowest BCUT2D eigenvalue weighted by molar-refractivity contribution is -0.113. The number of ketones is 2. The Morgan fingerprint density at radius 3 is 1.58 bits per heavy atom. The Labute approximate surface area is 422 Å². The first-order valence-electron chi connectivity index (χ1n) is 22.4. The van der Waals surface area contributed by atoms with Gasteiger partial charge in [0, 0.05) is 113 Å². The van der Waals surface area contributed by atoms with E-state index in [2.05, 4.69) is 53.8 Å². The Bertz CT molecular complexity index is 3510. The molecule has 6 heterocycles. The Morgan fingerprint density at radius 1 is 0.534 bits per heavy atom. The van der Waals surface area contributed by atoms with Crippen LogP contribution in [0.3, 0.4) is 0 Å². The van der Waals surface area contributed by atoms with Gasteiger partial charge in [0.1, 0.15) is 11.6 Å². The lowest BCUT2D eigenvalue weighted by Crippen LogP contribution is -2.22. The van der Waals surface area contributed by atoms with Crippen molar-refractivity contribution in [3.63, 3.8) is 0 Å². The van der Waals surface area contributed by atoms with Gasteiger partial charge >= 0.3 is 0 Å². The number of aromatic nitrogens is 6. The minimum atomic E-state index is -0.712. The second-order valence-corrected chi connectivity index (χ2v) is 16.0. The highest BCUT2D eigenvalue weighted by atomic mass is 35.5. The van der Waals surface area contributed by atoms with E-state index in [9.17, 15) is 28.0 Å². The maximum atomic E-state index is 13.2. The van der Waals surface area contributed by atoms with Crippen LogP contribution in [0.25, 0.3) is 32.7 Å². The van der Waals surface area contributed by atoms with E-state index in [-0.39, 0.29) is 11.6 Å². The molecule has 0 unspecified atom stereocenters. The number of carbonyl (C=O) groups excluding carboxylic acids is 4. The van der Waals surface area contributed by atoms with Crippen molar-refractivity contribution < 1.29 is 28.0 Å². The summed E-state index contributed by atoms with van der Waals surface area (Å²) in [7, 11) is 0. The molecule has 364 valence electrons. The zero-order valence-electron chi connectivity index (χ0n) is 38.8. The van der Waals surface area contributed by atoms with E-state index in [1.165, 1.54) is 47.6 Å². The minimum absolute atomic E-state index is 0.219. The van der Waals surface area contributed by atoms with Crippen LogP contribution < -0.4 is 16.4 Å². The van der Waals surface area contributed by atoms with Gasteiger partial charge in [-0.2, -0.15) is 0 Å². The predicted octanol–water partition coefficient (Wildman–Crippen LogP) is 11.8. The van der Waals surface area contributed by atoms with E-state index >= 15 is 0 Å². The molecular formula is C57H46ClF2N9O4. The predicted molar refractivity (Wildman–Crippen MR) is 283 cm³/mol. The van der Waals surface area contributed by atoms with Gasteiger partial charge < -0.3 is 30.9 Å². The molecule has 11 aromatic rings. The van der Waals surface area contributed by atoms with E-state index in [0.29, 0.717) is 40.3 Å². The number of alkyl halides is 1. The molecule has 6 N–H and O–H groups in total. The van der Waals surface area contributed by atoms with Crippen LogP contribution >= 0.6 is 11.6 Å². The molecule has 0 saturated carbocycles. The number of nitrogen functional groups attached to an aromatic ring is 1. The van der Waals surface area contributed by atoms with Gasteiger partial charge in [-0.1, -0.05) is 78.9 Å². The molecule has 0 aliphatic heterocycles. The van der Waals surface area contributed by atoms with E-state index in [4.69, 9.17) is 17.3 Å². The SMILES string of the molecule is Fc1ccc(CCl)cc1.Nc1ccncc1.O=C(Nc1ccncc1)C(=O)c1c[nH]c2ccccc12.O=C(Nc1ccncc1)C(=O)c1cn(Cc2ccc(F)cc2)c2ccccc12.c1ccc2[nH]ccc2c1. The second-order valence-electron chi connectivity index (χ2n) is 15.7. The largest absolute Gasteiger partial charge is 0.399 e. The number of halogens is 3. The maximum Gasteiger partial charge on any atom is 0.296 e. The number of benzene rings is 5. The number of nitrogens with zero attached hydrogens (tertiary/aromatic N) is 4. The van der Waals surface area contributed by atoms with Crippen molar-refractivity contribution in [1.82, 2.24) is 29.5 Å². The van der Waals surface area contributed by atoms with Gasteiger partial charge in [0.25, 0.3) is 23.4 Å². The fraction of sp³-hybridized carbons (Fsp3) is 0.0351. The molecule has 0 spiro atoms.